The van der Waals surface area contributed by atoms with E-state index in [0.29, 0.717) is 15.7 Å². The van der Waals surface area contributed by atoms with Crippen LogP contribution >= 0.6 is 23.2 Å². The van der Waals surface area contributed by atoms with Gasteiger partial charge in [-0.05, 0) is 94.0 Å². The highest BCUT2D eigenvalue weighted by Crippen LogP contribution is 2.50. The highest BCUT2D eigenvalue weighted by atomic mass is 35.5. The Morgan fingerprint density at radius 3 is 2.31 bits per heavy atom. The van der Waals surface area contributed by atoms with Gasteiger partial charge in [0.2, 0.25) is 0 Å². The second-order valence-electron chi connectivity index (χ2n) is 13.0. The van der Waals surface area contributed by atoms with E-state index >= 15 is 0 Å². The molecule has 1 aliphatic carbocycles. The van der Waals surface area contributed by atoms with Gasteiger partial charge in [-0.1, -0.05) is 47.5 Å². The fourth-order valence-corrected chi connectivity index (χ4v) is 7.56. The van der Waals surface area contributed by atoms with Gasteiger partial charge < -0.3 is 14.4 Å². The summed E-state index contributed by atoms with van der Waals surface area (Å²) in [6, 6.07) is 16.5. The minimum absolute atomic E-state index is 0.0145. The van der Waals surface area contributed by atoms with Gasteiger partial charge in [0.05, 0.1) is 29.2 Å². The Morgan fingerprint density at radius 2 is 1.76 bits per heavy atom. The molecular formula is C34H38Cl2N2O6S. The number of esters is 1. The number of hydrogen-bond acceptors (Lipinski definition) is 7. The fourth-order valence-electron chi connectivity index (χ4n) is 5.86. The van der Waals surface area contributed by atoms with E-state index in [1.807, 2.05) is 30.3 Å². The number of halogens is 2. The van der Waals surface area contributed by atoms with Crippen LogP contribution in [0.4, 0.5) is 0 Å². The number of carbonyl (C=O) groups excluding carboxylic acids is 2. The molecule has 1 saturated carbocycles. The Morgan fingerprint density at radius 1 is 1.07 bits per heavy atom. The molecule has 0 spiro atoms. The van der Waals surface area contributed by atoms with Gasteiger partial charge in [-0.2, -0.15) is 0 Å². The van der Waals surface area contributed by atoms with E-state index in [1.165, 1.54) is 13.3 Å². The number of benzene rings is 2. The topological polar surface area (TPSA) is 103 Å². The number of sulfone groups is 1. The molecule has 0 radical (unpaired) electrons. The van der Waals surface area contributed by atoms with Crippen LogP contribution in [0, 0.1) is 5.92 Å². The molecule has 3 aromatic rings. The molecular weight excluding hydrogens is 635 g/mol. The Labute approximate surface area is 274 Å². The molecule has 8 nitrogen and oxygen atoms in total. The first kappa shape index (κ1) is 33.4. The third-order valence-electron chi connectivity index (χ3n) is 8.66. The van der Waals surface area contributed by atoms with Gasteiger partial charge in [-0.15, -0.1) is 0 Å². The maximum absolute atomic E-state index is 14.9. The van der Waals surface area contributed by atoms with E-state index in [1.54, 1.807) is 62.9 Å². The first-order chi connectivity index (χ1) is 21.1. The van der Waals surface area contributed by atoms with Crippen LogP contribution in [0.3, 0.4) is 0 Å². The summed E-state index contributed by atoms with van der Waals surface area (Å²) in [5.41, 5.74) is 0.879. The molecule has 2 aliphatic rings. The summed E-state index contributed by atoms with van der Waals surface area (Å²) in [7, 11) is -2.33. The normalized spacial score (nSPS) is 23.1. The van der Waals surface area contributed by atoms with E-state index in [0.717, 1.165) is 24.0 Å². The van der Waals surface area contributed by atoms with E-state index in [2.05, 4.69) is 4.98 Å². The van der Waals surface area contributed by atoms with Crippen LogP contribution < -0.4 is 0 Å². The predicted octanol–water partition coefficient (Wildman–Crippen LogP) is 6.81. The number of nitrogens with zero attached hydrogens (tertiary/aromatic N) is 2. The minimum atomic E-state index is -3.62. The van der Waals surface area contributed by atoms with Crippen molar-refractivity contribution in [3.63, 3.8) is 0 Å². The van der Waals surface area contributed by atoms with Crippen LogP contribution in [-0.4, -0.2) is 59.4 Å². The average Bonchev–Trinajstić information content (AvgIpc) is 3.83. The van der Waals surface area contributed by atoms with Gasteiger partial charge in [0.1, 0.15) is 6.10 Å². The molecule has 1 saturated heterocycles. The molecule has 45 heavy (non-hydrogen) atoms. The lowest BCUT2D eigenvalue weighted by molar-refractivity contribution is -0.202. The van der Waals surface area contributed by atoms with Gasteiger partial charge in [-0.3, -0.25) is 9.78 Å². The SMILES string of the molecule is COC(=O)c1ccc(C[C@]2(C)O[C@H](c3cccc(Cl)c3)C(c3ccc(Cl)cc3)N(C(CS(=O)(=O)C(C)(C)C)C3CC3)C2=O)nc1. The molecule has 11 heteroatoms. The maximum Gasteiger partial charge on any atom is 0.339 e. The molecule has 4 atom stereocenters. The van der Waals surface area contributed by atoms with E-state index in [4.69, 9.17) is 32.7 Å². The smallest absolute Gasteiger partial charge is 0.339 e. The zero-order chi connectivity index (χ0) is 32.7. The van der Waals surface area contributed by atoms with Crippen molar-refractivity contribution in [3.05, 3.63) is 99.3 Å². The van der Waals surface area contributed by atoms with Crippen LogP contribution in [0.1, 0.15) is 79.9 Å². The number of hydrogen-bond donors (Lipinski definition) is 0. The van der Waals surface area contributed by atoms with E-state index in [9.17, 15) is 18.0 Å². The summed E-state index contributed by atoms with van der Waals surface area (Å²) in [4.78, 5) is 33.1. The molecule has 2 heterocycles. The number of methoxy groups -OCH3 is 1. The molecule has 2 unspecified atom stereocenters. The summed E-state index contributed by atoms with van der Waals surface area (Å²) in [6.07, 6.45) is 2.41. The minimum Gasteiger partial charge on any atom is -0.465 e. The van der Waals surface area contributed by atoms with Crippen LogP contribution in [0.15, 0.2) is 66.9 Å². The van der Waals surface area contributed by atoms with Crippen molar-refractivity contribution >= 4 is 44.9 Å². The van der Waals surface area contributed by atoms with Crippen molar-refractivity contribution < 1.29 is 27.5 Å². The second kappa shape index (κ2) is 12.7. The zero-order valence-electron chi connectivity index (χ0n) is 26.0. The summed E-state index contributed by atoms with van der Waals surface area (Å²) in [6.45, 7) is 6.78. The van der Waals surface area contributed by atoms with Crippen LogP contribution in [0.25, 0.3) is 0 Å². The van der Waals surface area contributed by atoms with Crippen molar-refractivity contribution in [2.75, 3.05) is 12.9 Å². The number of rotatable bonds is 9. The highest BCUT2D eigenvalue weighted by molar-refractivity contribution is 7.92. The van der Waals surface area contributed by atoms with Crippen molar-refractivity contribution in [3.8, 4) is 0 Å². The third-order valence-corrected chi connectivity index (χ3v) is 11.8. The van der Waals surface area contributed by atoms with Crippen molar-refractivity contribution in [1.29, 1.82) is 0 Å². The molecule has 5 rings (SSSR count). The van der Waals surface area contributed by atoms with Gasteiger partial charge in [-0.25, -0.2) is 13.2 Å². The summed E-state index contributed by atoms with van der Waals surface area (Å²) >= 11 is 12.8. The Hall–Kier alpha value is -2.98. The van der Waals surface area contributed by atoms with Gasteiger partial charge in [0, 0.05) is 34.4 Å². The first-order valence-electron chi connectivity index (χ1n) is 14.9. The Kier molecular flexibility index (Phi) is 9.40. The molecule has 1 aromatic heterocycles. The number of morpholine rings is 1. The van der Waals surface area contributed by atoms with Gasteiger partial charge in [0.15, 0.2) is 15.4 Å². The maximum atomic E-state index is 14.9. The van der Waals surface area contributed by atoms with Crippen LogP contribution in [0.5, 0.6) is 0 Å². The number of carbonyl (C=O) groups is 2. The lowest BCUT2D eigenvalue weighted by Crippen LogP contribution is -2.62. The molecule has 2 aromatic carbocycles. The molecule has 2 fully saturated rings. The standard InChI is InChI=1S/C34H38Cl2N2O6S/c1-33(2,3)45(41,42)20-28(21-9-10-21)38-29(22-11-14-25(35)15-12-22)30(23-7-6-8-26(36)17-23)44-34(4,32(38)40)18-27-16-13-24(19-37-27)31(39)43-5/h6-8,11-17,19,21,28-30H,9-10,18,20H2,1-5H3/t28?,29?,30-,34+/m1/s1. The molecule has 1 aliphatic heterocycles. The van der Waals surface area contributed by atoms with Crippen molar-refractivity contribution in [2.24, 2.45) is 5.92 Å². The molecule has 240 valence electrons. The Balaban J connectivity index is 1.67. The van der Waals surface area contributed by atoms with E-state index < -0.39 is 44.3 Å². The molecule has 1 amide bonds. The summed E-state index contributed by atoms with van der Waals surface area (Å²) in [5, 5.41) is 1.04. The number of amides is 1. The molecule has 0 bridgehead atoms. The van der Waals surface area contributed by atoms with Gasteiger partial charge >= 0.3 is 5.97 Å². The number of aromatic nitrogens is 1. The van der Waals surface area contributed by atoms with Crippen LogP contribution in [-0.2, 0) is 30.5 Å². The van der Waals surface area contributed by atoms with Crippen molar-refractivity contribution in [1.82, 2.24) is 9.88 Å². The van der Waals surface area contributed by atoms with Gasteiger partial charge in [0.25, 0.3) is 5.91 Å². The average molecular weight is 674 g/mol. The third kappa shape index (κ3) is 7.07. The highest BCUT2D eigenvalue weighted by Gasteiger charge is 2.56. The van der Waals surface area contributed by atoms with Crippen molar-refractivity contribution in [2.45, 2.75) is 75.5 Å². The quantitative estimate of drug-likeness (QED) is 0.230. The van der Waals surface area contributed by atoms with Crippen LogP contribution in [0.2, 0.25) is 10.0 Å². The Bertz CT molecular complexity index is 1670. The zero-order valence-corrected chi connectivity index (χ0v) is 28.3. The first-order valence-corrected chi connectivity index (χ1v) is 17.3. The lowest BCUT2D eigenvalue weighted by Gasteiger charge is -2.52. The predicted molar refractivity (Wildman–Crippen MR) is 174 cm³/mol. The number of pyridine rings is 1. The fraction of sp³-hybridized carbons (Fsp3) is 0.441. The monoisotopic (exact) mass is 672 g/mol. The summed E-state index contributed by atoms with van der Waals surface area (Å²) < 4.78 is 38.1. The second-order valence-corrected chi connectivity index (χ2v) is 16.7. The number of ether oxygens (including phenoxy) is 2. The van der Waals surface area contributed by atoms with E-state index in [-0.39, 0.29) is 29.6 Å². The summed E-state index contributed by atoms with van der Waals surface area (Å²) in [5.74, 6) is -1.02. The largest absolute Gasteiger partial charge is 0.465 e. The lowest BCUT2D eigenvalue weighted by atomic mass is 9.85. The molecule has 0 N–H and O–H groups in total.